The quantitative estimate of drug-likeness (QED) is 0.188. The second-order valence-electron chi connectivity index (χ2n) is 14.1. The molecule has 0 spiro atoms. The molecular formula is C48H37BrN4. The zero-order chi connectivity index (χ0) is 36.2. The molecule has 0 unspecified atom stereocenters. The molecule has 4 aromatic carbocycles. The van der Waals surface area contributed by atoms with Gasteiger partial charge in [0, 0.05) is 48.8 Å². The fraction of sp³-hybridized carbons (Fsp3) is 0.0833. The summed E-state index contributed by atoms with van der Waals surface area (Å²) in [6, 6.07) is 43.5. The summed E-state index contributed by atoms with van der Waals surface area (Å²) in [6.07, 6.45) is 6.45. The van der Waals surface area contributed by atoms with E-state index in [9.17, 15) is 0 Å². The lowest BCUT2D eigenvalue weighted by Crippen LogP contribution is -1.90. The van der Waals surface area contributed by atoms with Crippen LogP contribution in [0, 0.1) is 27.7 Å². The summed E-state index contributed by atoms with van der Waals surface area (Å²) in [7, 11) is 0. The van der Waals surface area contributed by atoms with Gasteiger partial charge in [-0.25, -0.2) is 9.97 Å². The largest absolute Gasteiger partial charge is 0.354 e. The van der Waals surface area contributed by atoms with Crippen molar-refractivity contribution >= 4 is 60.7 Å². The van der Waals surface area contributed by atoms with Crippen molar-refractivity contribution in [3.63, 3.8) is 0 Å². The normalized spacial score (nSPS) is 12.3. The zero-order valence-electron chi connectivity index (χ0n) is 30.1. The van der Waals surface area contributed by atoms with Crippen LogP contribution in [-0.4, -0.2) is 19.9 Å². The van der Waals surface area contributed by atoms with E-state index in [0.29, 0.717) is 0 Å². The van der Waals surface area contributed by atoms with Gasteiger partial charge < -0.3 is 9.97 Å². The maximum atomic E-state index is 5.47. The Morgan fingerprint density at radius 1 is 0.377 bits per heavy atom. The van der Waals surface area contributed by atoms with Crippen molar-refractivity contribution in [1.29, 1.82) is 0 Å². The SMILES string of the molecule is Cc1ccc(-c2c3nc(c(-c4ccc(C)cc4)c4ccc([nH]4)c(-c4ccc(C)cc4)c4nc(c(-c5ccc(C)cc5)c5ccc2[nH]5)C=C4Br)C=C3)cc1. The van der Waals surface area contributed by atoms with Crippen LogP contribution < -0.4 is 0 Å². The smallest absolute Gasteiger partial charge is 0.0879 e. The van der Waals surface area contributed by atoms with Crippen LogP contribution in [0.5, 0.6) is 0 Å². The molecule has 256 valence electrons. The van der Waals surface area contributed by atoms with Crippen LogP contribution in [0.3, 0.4) is 0 Å². The van der Waals surface area contributed by atoms with Crippen LogP contribution >= 0.6 is 15.9 Å². The molecular weight excluding hydrogens is 712 g/mol. The first-order chi connectivity index (χ1) is 25.8. The van der Waals surface area contributed by atoms with Gasteiger partial charge in [0.05, 0.1) is 22.8 Å². The molecule has 4 nitrogen and oxygen atoms in total. The lowest BCUT2D eigenvalue weighted by Gasteiger charge is -2.08. The molecule has 8 bridgehead atoms. The lowest BCUT2D eigenvalue weighted by molar-refractivity contribution is 1.31. The second kappa shape index (κ2) is 13.2. The number of rotatable bonds is 4. The molecule has 53 heavy (non-hydrogen) atoms. The van der Waals surface area contributed by atoms with E-state index < -0.39 is 0 Å². The van der Waals surface area contributed by atoms with Crippen molar-refractivity contribution in [3.8, 4) is 44.5 Å². The number of H-pyrrole nitrogens is 2. The lowest BCUT2D eigenvalue weighted by atomic mass is 10.0. The Morgan fingerprint density at radius 2 is 0.698 bits per heavy atom. The number of benzene rings is 4. The molecule has 5 heteroatoms. The van der Waals surface area contributed by atoms with E-state index in [2.05, 4.69) is 193 Å². The minimum Gasteiger partial charge on any atom is -0.354 e. The van der Waals surface area contributed by atoms with Crippen molar-refractivity contribution in [2.75, 3.05) is 0 Å². The summed E-state index contributed by atoms with van der Waals surface area (Å²) in [5.41, 5.74) is 20.8. The van der Waals surface area contributed by atoms with Gasteiger partial charge in [-0.1, -0.05) is 119 Å². The monoisotopic (exact) mass is 748 g/mol. The third-order valence-electron chi connectivity index (χ3n) is 10.2. The molecule has 0 aliphatic carbocycles. The van der Waals surface area contributed by atoms with Gasteiger partial charge in [-0.3, -0.25) is 0 Å². The predicted octanol–water partition coefficient (Wildman–Crippen LogP) is 13.3. The van der Waals surface area contributed by atoms with Crippen LogP contribution in [0.1, 0.15) is 45.0 Å². The number of fused-ring (bicyclic) bond motifs is 8. The van der Waals surface area contributed by atoms with E-state index in [1.54, 1.807) is 0 Å². The number of hydrogen-bond acceptors (Lipinski definition) is 2. The molecule has 0 atom stereocenters. The van der Waals surface area contributed by atoms with Gasteiger partial charge in [0.2, 0.25) is 0 Å². The first-order valence-corrected chi connectivity index (χ1v) is 18.7. The highest BCUT2D eigenvalue weighted by atomic mass is 79.9. The number of nitrogens with one attached hydrogen (secondary N) is 2. The first kappa shape index (κ1) is 32.8. The van der Waals surface area contributed by atoms with Crippen molar-refractivity contribution in [2.24, 2.45) is 0 Å². The Morgan fingerprint density at radius 3 is 1.08 bits per heavy atom. The van der Waals surface area contributed by atoms with Gasteiger partial charge in [0.1, 0.15) is 0 Å². The van der Waals surface area contributed by atoms with Gasteiger partial charge >= 0.3 is 0 Å². The third-order valence-corrected chi connectivity index (χ3v) is 10.8. The summed E-state index contributed by atoms with van der Waals surface area (Å²) in [5.74, 6) is 0. The first-order valence-electron chi connectivity index (χ1n) is 17.9. The van der Waals surface area contributed by atoms with E-state index in [-0.39, 0.29) is 0 Å². The molecule has 0 saturated heterocycles. The van der Waals surface area contributed by atoms with E-state index in [4.69, 9.17) is 9.97 Å². The maximum absolute atomic E-state index is 5.47. The summed E-state index contributed by atoms with van der Waals surface area (Å²) in [4.78, 5) is 18.6. The highest BCUT2D eigenvalue weighted by Crippen LogP contribution is 2.42. The summed E-state index contributed by atoms with van der Waals surface area (Å²) in [6.45, 7) is 8.48. The van der Waals surface area contributed by atoms with Crippen LogP contribution in [0.4, 0.5) is 0 Å². The molecule has 0 amide bonds. The maximum Gasteiger partial charge on any atom is 0.0879 e. The van der Waals surface area contributed by atoms with Crippen LogP contribution in [-0.2, 0) is 0 Å². The number of hydrogen-bond donors (Lipinski definition) is 2. The number of aryl methyl sites for hydroxylation is 4. The zero-order valence-corrected chi connectivity index (χ0v) is 31.6. The molecule has 2 aliphatic heterocycles. The van der Waals surface area contributed by atoms with E-state index in [0.717, 1.165) is 93.8 Å². The Labute approximate surface area is 317 Å². The Hall–Kier alpha value is -6.04. The van der Waals surface area contributed by atoms with Gasteiger partial charge in [-0.2, -0.15) is 0 Å². The Kier molecular flexibility index (Phi) is 8.17. The number of aromatic amines is 2. The van der Waals surface area contributed by atoms with E-state index in [1.807, 2.05) is 0 Å². The molecule has 0 radical (unpaired) electrons. The van der Waals surface area contributed by atoms with Crippen LogP contribution in [0.15, 0.2) is 121 Å². The summed E-state index contributed by atoms with van der Waals surface area (Å²) < 4.78 is 0.927. The van der Waals surface area contributed by atoms with Crippen molar-refractivity contribution in [3.05, 3.63) is 166 Å². The second-order valence-corrected chi connectivity index (χ2v) is 14.9. The number of nitrogens with zero attached hydrogens (tertiary/aromatic N) is 2. The number of halogens is 1. The van der Waals surface area contributed by atoms with Crippen LogP contribution in [0.2, 0.25) is 0 Å². The molecule has 0 fully saturated rings. The molecule has 5 heterocycles. The van der Waals surface area contributed by atoms with Gasteiger partial charge in [0.25, 0.3) is 0 Å². The highest BCUT2D eigenvalue weighted by molar-refractivity contribution is 9.15. The summed E-state index contributed by atoms with van der Waals surface area (Å²) in [5, 5.41) is 0. The fourth-order valence-corrected chi connectivity index (χ4v) is 7.84. The van der Waals surface area contributed by atoms with E-state index in [1.165, 1.54) is 22.3 Å². The molecule has 2 N–H and O–H groups in total. The topological polar surface area (TPSA) is 57.4 Å². The van der Waals surface area contributed by atoms with E-state index >= 15 is 0 Å². The third kappa shape index (κ3) is 6.07. The molecule has 7 aromatic rings. The predicted molar refractivity (Wildman–Crippen MR) is 227 cm³/mol. The van der Waals surface area contributed by atoms with Crippen molar-refractivity contribution in [1.82, 2.24) is 19.9 Å². The average molecular weight is 750 g/mol. The Balaban J connectivity index is 1.49. The van der Waals surface area contributed by atoms with Crippen LogP contribution in [0.25, 0.3) is 89.3 Å². The average Bonchev–Trinajstić information content (AvgIpc) is 3.99. The summed E-state index contributed by atoms with van der Waals surface area (Å²) >= 11 is 3.98. The minimum absolute atomic E-state index is 0.873. The molecule has 9 rings (SSSR count). The number of aromatic nitrogens is 4. The Bertz CT molecular complexity index is 2780. The minimum atomic E-state index is 0.873. The fourth-order valence-electron chi connectivity index (χ4n) is 7.34. The molecule has 2 aliphatic rings. The molecule has 0 saturated carbocycles. The van der Waals surface area contributed by atoms with Gasteiger partial charge in [-0.15, -0.1) is 0 Å². The highest BCUT2D eigenvalue weighted by Gasteiger charge is 2.21. The standard InChI is InChI=1S/C48H37BrN4/c1-28-5-13-32(14-6-28)44-37-21-22-38(50-37)45(33-15-7-29(2)8-16-33)40-25-26-42(52-40)47(35-19-11-31(4)12-20-35)48-36(49)27-43(53-48)46(41-24-23-39(44)51-41)34-17-9-30(3)10-18-34/h5-27,51-52H,1-4H3. The molecule has 3 aromatic heterocycles. The van der Waals surface area contributed by atoms with Gasteiger partial charge in [0.15, 0.2) is 0 Å². The van der Waals surface area contributed by atoms with Gasteiger partial charge in [-0.05, 0) is 108 Å². The van der Waals surface area contributed by atoms with Crippen molar-refractivity contribution < 1.29 is 0 Å². The van der Waals surface area contributed by atoms with Crippen molar-refractivity contribution in [2.45, 2.75) is 27.7 Å².